The molecule has 2 atom stereocenters. The van der Waals surface area contributed by atoms with Gasteiger partial charge in [0.15, 0.2) is 0 Å². The van der Waals surface area contributed by atoms with Crippen LogP contribution in [0.1, 0.15) is 53.7 Å². The van der Waals surface area contributed by atoms with Crippen LogP contribution in [0.2, 0.25) is 0 Å². The molecule has 5 rings (SSSR count). The topological polar surface area (TPSA) is 90.5 Å². The lowest BCUT2D eigenvalue weighted by Gasteiger charge is -2.23. The molecule has 0 saturated heterocycles. The first-order valence-electron chi connectivity index (χ1n) is 10.2. The van der Waals surface area contributed by atoms with Crippen molar-refractivity contribution in [1.82, 2.24) is 34.6 Å². The number of hydrogen-bond acceptors (Lipinski definition) is 5. The second-order valence-corrected chi connectivity index (χ2v) is 7.97. The molecule has 1 saturated carbocycles. The summed E-state index contributed by atoms with van der Waals surface area (Å²) >= 11 is 0. The standard InChI is InChI=1S/C22H23N7O/c1-14-3-4-16(9-19(14)21-27-25-13-29(21)17-5-6-17)26-22(30)20-10-18(7-8-23-20)28-11-15(2)24-12-28/h3-4,7-14,17,19H,5-6H2,1-2H3,(H,26,30). The summed E-state index contributed by atoms with van der Waals surface area (Å²) in [5, 5.41) is 11.5. The molecule has 3 heterocycles. The van der Waals surface area contributed by atoms with Crippen molar-refractivity contribution in [3.05, 3.63) is 78.3 Å². The highest BCUT2D eigenvalue weighted by Gasteiger charge is 2.31. The number of allylic oxidation sites excluding steroid dienone is 3. The Morgan fingerprint density at radius 1 is 1.23 bits per heavy atom. The lowest BCUT2D eigenvalue weighted by molar-refractivity contribution is 0.0962. The molecular formula is C22H23N7O. The minimum Gasteiger partial charge on any atom is -0.321 e. The molecule has 2 unspecified atom stereocenters. The van der Waals surface area contributed by atoms with Crippen molar-refractivity contribution >= 4 is 5.91 Å². The van der Waals surface area contributed by atoms with E-state index < -0.39 is 0 Å². The number of rotatable bonds is 5. The first-order chi connectivity index (χ1) is 14.6. The van der Waals surface area contributed by atoms with E-state index in [4.69, 9.17) is 0 Å². The van der Waals surface area contributed by atoms with E-state index in [9.17, 15) is 4.79 Å². The van der Waals surface area contributed by atoms with Crippen molar-refractivity contribution in [3.8, 4) is 5.69 Å². The molecule has 8 heteroatoms. The Bertz CT molecular complexity index is 1150. The molecule has 0 bridgehead atoms. The van der Waals surface area contributed by atoms with E-state index in [1.807, 2.05) is 36.2 Å². The maximum Gasteiger partial charge on any atom is 0.274 e. The second kappa shape index (κ2) is 7.37. The average Bonchev–Trinajstić information content (AvgIpc) is 3.31. The maximum atomic E-state index is 12.9. The highest BCUT2D eigenvalue weighted by atomic mass is 16.1. The normalized spacial score (nSPS) is 20.8. The van der Waals surface area contributed by atoms with Crippen LogP contribution in [-0.4, -0.2) is 35.2 Å². The van der Waals surface area contributed by atoms with Crippen LogP contribution in [0.3, 0.4) is 0 Å². The van der Waals surface area contributed by atoms with Gasteiger partial charge in [0, 0.05) is 30.1 Å². The summed E-state index contributed by atoms with van der Waals surface area (Å²) in [5.74, 6) is 1.05. The van der Waals surface area contributed by atoms with Gasteiger partial charge in [0.1, 0.15) is 17.8 Å². The molecule has 0 spiro atoms. The molecule has 30 heavy (non-hydrogen) atoms. The van der Waals surface area contributed by atoms with Crippen molar-refractivity contribution in [2.24, 2.45) is 5.92 Å². The Labute approximate surface area is 174 Å². The Morgan fingerprint density at radius 3 is 2.87 bits per heavy atom. The van der Waals surface area contributed by atoms with Crippen LogP contribution in [0.4, 0.5) is 0 Å². The first-order valence-corrected chi connectivity index (χ1v) is 10.2. The molecule has 3 aromatic heterocycles. The zero-order valence-corrected chi connectivity index (χ0v) is 16.9. The van der Waals surface area contributed by atoms with E-state index in [1.54, 1.807) is 18.6 Å². The van der Waals surface area contributed by atoms with Crippen LogP contribution < -0.4 is 5.32 Å². The molecule has 1 N–H and O–H groups in total. The fourth-order valence-corrected chi connectivity index (χ4v) is 3.75. The maximum absolute atomic E-state index is 12.9. The van der Waals surface area contributed by atoms with Crippen molar-refractivity contribution in [1.29, 1.82) is 0 Å². The molecule has 2 aliphatic rings. The highest BCUT2D eigenvalue weighted by molar-refractivity contribution is 5.94. The van der Waals surface area contributed by atoms with E-state index in [0.29, 0.717) is 11.7 Å². The summed E-state index contributed by atoms with van der Waals surface area (Å²) in [6.07, 6.45) is 15.5. The van der Waals surface area contributed by atoms with E-state index >= 15 is 0 Å². The Kier molecular flexibility index (Phi) is 4.54. The molecule has 1 fully saturated rings. The minimum absolute atomic E-state index is 0.0709. The predicted octanol–water partition coefficient (Wildman–Crippen LogP) is 3.11. The van der Waals surface area contributed by atoms with E-state index in [-0.39, 0.29) is 17.7 Å². The molecule has 0 radical (unpaired) electrons. The van der Waals surface area contributed by atoms with Crippen molar-refractivity contribution in [2.75, 3.05) is 0 Å². The van der Waals surface area contributed by atoms with Crippen molar-refractivity contribution < 1.29 is 4.79 Å². The summed E-state index contributed by atoms with van der Waals surface area (Å²) in [5.41, 5.74) is 2.85. The fourth-order valence-electron chi connectivity index (χ4n) is 3.75. The molecule has 1 amide bonds. The monoisotopic (exact) mass is 401 g/mol. The van der Waals surface area contributed by atoms with Gasteiger partial charge in [-0.05, 0) is 50.0 Å². The number of nitrogens with one attached hydrogen (secondary N) is 1. The molecule has 0 aliphatic heterocycles. The second-order valence-electron chi connectivity index (χ2n) is 7.97. The average molecular weight is 401 g/mol. The van der Waals surface area contributed by atoms with Gasteiger partial charge in [-0.15, -0.1) is 10.2 Å². The zero-order chi connectivity index (χ0) is 20.7. The lowest BCUT2D eigenvalue weighted by Crippen LogP contribution is -2.26. The van der Waals surface area contributed by atoms with Gasteiger partial charge in [-0.3, -0.25) is 9.78 Å². The van der Waals surface area contributed by atoms with Crippen molar-refractivity contribution in [2.45, 2.75) is 38.6 Å². The summed E-state index contributed by atoms with van der Waals surface area (Å²) in [7, 11) is 0. The third-order valence-corrected chi connectivity index (χ3v) is 5.59. The van der Waals surface area contributed by atoms with Crippen LogP contribution >= 0.6 is 0 Å². The Hall–Kier alpha value is -3.55. The fraction of sp³-hybridized carbons (Fsp3) is 0.318. The van der Waals surface area contributed by atoms with Crippen molar-refractivity contribution in [3.63, 3.8) is 0 Å². The molecule has 152 valence electrons. The Balaban J connectivity index is 1.36. The highest BCUT2D eigenvalue weighted by Crippen LogP contribution is 2.39. The number of pyridine rings is 1. The quantitative estimate of drug-likeness (QED) is 0.709. The molecule has 8 nitrogen and oxygen atoms in total. The third kappa shape index (κ3) is 3.56. The SMILES string of the molecule is Cc1cn(-c2ccnc(C(=O)NC3=CC(c4nncn4C4CC4)C(C)C=C3)c2)cn1. The van der Waals surface area contributed by atoms with E-state index in [1.165, 1.54) is 12.8 Å². The molecule has 3 aromatic rings. The molecule has 0 aromatic carbocycles. The molecule has 2 aliphatic carbocycles. The molecular weight excluding hydrogens is 378 g/mol. The van der Waals surface area contributed by atoms with Crippen LogP contribution in [0, 0.1) is 12.8 Å². The van der Waals surface area contributed by atoms with Gasteiger partial charge in [0.05, 0.1) is 17.7 Å². The van der Waals surface area contributed by atoms with Gasteiger partial charge in [-0.1, -0.05) is 13.0 Å². The number of imidazole rings is 1. The number of carbonyl (C=O) groups excluding carboxylic acids is 1. The van der Waals surface area contributed by atoms with E-state index in [2.05, 4.69) is 49.1 Å². The van der Waals surface area contributed by atoms with Crippen LogP contribution in [0.5, 0.6) is 0 Å². The van der Waals surface area contributed by atoms with Gasteiger partial charge in [-0.25, -0.2) is 4.98 Å². The van der Waals surface area contributed by atoms with Crippen LogP contribution in [0.25, 0.3) is 5.69 Å². The predicted molar refractivity (Wildman–Crippen MR) is 111 cm³/mol. The number of hydrogen-bond donors (Lipinski definition) is 1. The van der Waals surface area contributed by atoms with E-state index in [0.717, 1.165) is 22.9 Å². The Morgan fingerprint density at radius 2 is 2.10 bits per heavy atom. The van der Waals surface area contributed by atoms with Crippen LogP contribution in [0.15, 0.2) is 61.1 Å². The summed E-state index contributed by atoms with van der Waals surface area (Å²) in [6.45, 7) is 4.08. The summed E-state index contributed by atoms with van der Waals surface area (Å²) in [4.78, 5) is 21.3. The van der Waals surface area contributed by atoms with Gasteiger partial charge in [0.25, 0.3) is 5.91 Å². The van der Waals surface area contributed by atoms with Crippen LogP contribution in [-0.2, 0) is 0 Å². The number of aromatic nitrogens is 6. The number of amides is 1. The number of nitrogens with zero attached hydrogens (tertiary/aromatic N) is 6. The third-order valence-electron chi connectivity index (χ3n) is 5.59. The van der Waals surface area contributed by atoms with Gasteiger partial charge in [-0.2, -0.15) is 0 Å². The number of aryl methyl sites for hydroxylation is 1. The minimum atomic E-state index is -0.249. The zero-order valence-electron chi connectivity index (χ0n) is 16.9. The first kappa shape index (κ1) is 18.5. The van der Waals surface area contributed by atoms with Gasteiger partial charge >= 0.3 is 0 Å². The largest absolute Gasteiger partial charge is 0.321 e. The van der Waals surface area contributed by atoms with Gasteiger partial charge in [0.2, 0.25) is 0 Å². The van der Waals surface area contributed by atoms with Gasteiger partial charge < -0.3 is 14.5 Å². The lowest BCUT2D eigenvalue weighted by atomic mass is 9.88. The summed E-state index contributed by atoms with van der Waals surface area (Å²) in [6, 6.07) is 4.12. The smallest absolute Gasteiger partial charge is 0.274 e. The summed E-state index contributed by atoms with van der Waals surface area (Å²) < 4.78 is 4.05. The number of carbonyl (C=O) groups is 1.